The Bertz CT molecular complexity index is 1060. The summed E-state index contributed by atoms with van der Waals surface area (Å²) in [4.78, 5) is 38.5. The lowest BCUT2D eigenvalue weighted by Crippen LogP contribution is -2.42. The molecule has 4 amide bonds. The van der Waals surface area contributed by atoms with E-state index in [-0.39, 0.29) is 5.69 Å². The van der Waals surface area contributed by atoms with E-state index in [0.29, 0.717) is 11.6 Å². The summed E-state index contributed by atoms with van der Waals surface area (Å²) in [5.41, 5.74) is -0.967. The van der Waals surface area contributed by atoms with Crippen molar-refractivity contribution < 1.29 is 27.6 Å². The van der Waals surface area contributed by atoms with Crippen molar-refractivity contribution >= 4 is 35.1 Å². The van der Waals surface area contributed by atoms with Crippen LogP contribution in [0.4, 0.5) is 23.7 Å². The third kappa shape index (κ3) is 4.72. The summed E-state index contributed by atoms with van der Waals surface area (Å²) in [6.45, 7) is 2.93. The van der Waals surface area contributed by atoms with E-state index in [0.717, 1.165) is 29.4 Å². The van der Waals surface area contributed by atoms with Crippen molar-refractivity contribution in [2.75, 3.05) is 11.9 Å². The van der Waals surface area contributed by atoms with Crippen molar-refractivity contribution in [3.05, 3.63) is 64.2 Å². The number of urea groups is 1. The maximum absolute atomic E-state index is 13.0. The van der Waals surface area contributed by atoms with Crippen LogP contribution in [0.5, 0.6) is 0 Å². The predicted octanol–water partition coefficient (Wildman–Crippen LogP) is 4.72. The number of imide groups is 1. The molecule has 1 aliphatic heterocycles. The van der Waals surface area contributed by atoms with Crippen LogP contribution in [0.15, 0.2) is 42.5 Å². The van der Waals surface area contributed by atoms with Crippen molar-refractivity contribution in [2.24, 2.45) is 0 Å². The molecule has 0 saturated carbocycles. The van der Waals surface area contributed by atoms with E-state index in [1.54, 1.807) is 12.1 Å². The molecule has 0 bridgehead atoms. The quantitative estimate of drug-likeness (QED) is 0.603. The van der Waals surface area contributed by atoms with Gasteiger partial charge in [-0.2, -0.15) is 13.2 Å². The number of carbonyl (C=O) groups excluding carboxylic acids is 3. The van der Waals surface area contributed by atoms with Gasteiger partial charge in [-0.25, -0.2) is 4.79 Å². The fraction of sp³-hybridized carbons (Fsp3) is 0.318. The second-order valence-corrected chi connectivity index (χ2v) is 8.04. The van der Waals surface area contributed by atoms with E-state index in [4.69, 9.17) is 11.6 Å². The average molecular weight is 468 g/mol. The van der Waals surface area contributed by atoms with Gasteiger partial charge in [-0.1, -0.05) is 49.2 Å². The van der Waals surface area contributed by atoms with E-state index in [2.05, 4.69) is 10.6 Å². The lowest BCUT2D eigenvalue weighted by atomic mass is 9.91. The molecule has 1 fully saturated rings. The second kappa shape index (κ2) is 8.82. The number of nitrogens with zero attached hydrogens (tertiary/aromatic N) is 1. The Hall–Kier alpha value is -3.07. The van der Waals surface area contributed by atoms with Gasteiger partial charge in [-0.05, 0) is 42.7 Å². The fourth-order valence-corrected chi connectivity index (χ4v) is 3.72. The Morgan fingerprint density at radius 2 is 1.81 bits per heavy atom. The van der Waals surface area contributed by atoms with Gasteiger partial charge in [0.05, 0.1) is 10.6 Å². The number of carbonyl (C=O) groups is 3. The average Bonchev–Trinajstić information content (AvgIpc) is 2.93. The van der Waals surface area contributed by atoms with E-state index < -0.39 is 46.7 Å². The molecule has 2 aromatic rings. The Balaban J connectivity index is 1.73. The zero-order chi connectivity index (χ0) is 23.7. The summed E-state index contributed by atoms with van der Waals surface area (Å²) in [6.07, 6.45) is -2.85. The first-order valence-electron chi connectivity index (χ1n) is 9.86. The third-order valence-corrected chi connectivity index (χ3v) is 5.53. The Morgan fingerprint density at radius 1 is 1.16 bits per heavy atom. The lowest BCUT2D eigenvalue weighted by Gasteiger charge is -2.22. The molecule has 3 rings (SSSR count). The highest BCUT2D eigenvalue weighted by molar-refractivity contribution is 6.31. The number of nitrogens with one attached hydrogen (secondary N) is 2. The van der Waals surface area contributed by atoms with Crippen molar-refractivity contribution in [3.8, 4) is 0 Å². The summed E-state index contributed by atoms with van der Waals surface area (Å²) in [6, 6.07) is 9.37. The van der Waals surface area contributed by atoms with E-state index in [1.807, 2.05) is 19.1 Å². The molecule has 0 spiro atoms. The van der Waals surface area contributed by atoms with Crippen LogP contribution in [0.25, 0.3) is 0 Å². The zero-order valence-electron chi connectivity index (χ0n) is 17.3. The number of benzene rings is 2. The molecule has 6 nitrogen and oxygen atoms in total. The van der Waals surface area contributed by atoms with Gasteiger partial charge in [0.1, 0.15) is 12.1 Å². The molecule has 1 unspecified atom stereocenters. The summed E-state index contributed by atoms with van der Waals surface area (Å²) in [5, 5.41) is 4.35. The molecule has 1 aliphatic rings. The Morgan fingerprint density at radius 3 is 2.41 bits per heavy atom. The molecule has 0 radical (unpaired) electrons. The molecule has 0 aromatic heterocycles. The van der Waals surface area contributed by atoms with Crippen LogP contribution in [0.3, 0.4) is 0 Å². The summed E-state index contributed by atoms with van der Waals surface area (Å²) < 4.78 is 39.0. The number of rotatable bonds is 6. The number of anilines is 1. The first-order valence-corrected chi connectivity index (χ1v) is 10.2. The van der Waals surface area contributed by atoms with Crippen LogP contribution in [0.2, 0.25) is 5.02 Å². The van der Waals surface area contributed by atoms with Gasteiger partial charge in [0.2, 0.25) is 5.91 Å². The molecule has 1 heterocycles. The number of hydrogen-bond donors (Lipinski definition) is 2. The molecule has 0 aliphatic carbocycles. The minimum Gasteiger partial charge on any atom is -0.325 e. The summed E-state index contributed by atoms with van der Waals surface area (Å²) >= 11 is 5.57. The molecule has 2 N–H and O–H groups in total. The van der Waals surface area contributed by atoms with Gasteiger partial charge in [-0.15, -0.1) is 0 Å². The maximum Gasteiger partial charge on any atom is 0.417 e. The minimum atomic E-state index is -4.70. The molecule has 2 aromatic carbocycles. The molecule has 1 saturated heterocycles. The monoisotopic (exact) mass is 467 g/mol. The molecular formula is C22H21ClF3N3O3. The highest BCUT2D eigenvalue weighted by atomic mass is 35.5. The number of amides is 4. The van der Waals surface area contributed by atoms with Gasteiger partial charge in [0, 0.05) is 5.69 Å². The molecule has 32 heavy (non-hydrogen) atoms. The first-order chi connectivity index (χ1) is 15.0. The van der Waals surface area contributed by atoms with Crippen LogP contribution in [-0.2, 0) is 27.7 Å². The van der Waals surface area contributed by atoms with Gasteiger partial charge in [-0.3, -0.25) is 14.5 Å². The summed E-state index contributed by atoms with van der Waals surface area (Å²) in [5.74, 6) is -1.46. The van der Waals surface area contributed by atoms with Crippen LogP contribution < -0.4 is 10.6 Å². The highest BCUT2D eigenvalue weighted by Gasteiger charge is 2.49. The van der Waals surface area contributed by atoms with E-state index in [1.165, 1.54) is 13.0 Å². The second-order valence-electron chi connectivity index (χ2n) is 7.63. The smallest absolute Gasteiger partial charge is 0.325 e. The fourth-order valence-electron chi connectivity index (χ4n) is 3.49. The third-order valence-electron chi connectivity index (χ3n) is 5.20. The molecule has 170 valence electrons. The number of hydrogen-bond acceptors (Lipinski definition) is 3. The Kier molecular flexibility index (Phi) is 6.50. The van der Waals surface area contributed by atoms with Crippen molar-refractivity contribution in [1.82, 2.24) is 10.2 Å². The predicted molar refractivity (Wildman–Crippen MR) is 113 cm³/mol. The van der Waals surface area contributed by atoms with Crippen LogP contribution in [0.1, 0.15) is 37.0 Å². The van der Waals surface area contributed by atoms with E-state index >= 15 is 0 Å². The van der Waals surface area contributed by atoms with Crippen LogP contribution in [-0.4, -0.2) is 29.3 Å². The molecule has 10 heteroatoms. The van der Waals surface area contributed by atoms with Crippen molar-refractivity contribution in [2.45, 2.75) is 38.4 Å². The number of halogens is 4. The number of alkyl halides is 3. The van der Waals surface area contributed by atoms with Gasteiger partial charge in [0.25, 0.3) is 5.91 Å². The standard InChI is InChI=1S/C22H21ClF3N3O3/c1-3-4-13-5-7-14(8-6-13)21(2)19(31)29(20(32)28-21)12-18(30)27-15-9-10-17(23)16(11-15)22(24,25)26/h5-11H,3-4,12H2,1-2H3,(H,27,30)(H,28,32). The normalized spacial score (nSPS) is 18.6. The van der Waals surface area contributed by atoms with Crippen molar-refractivity contribution in [3.63, 3.8) is 0 Å². The van der Waals surface area contributed by atoms with Gasteiger partial charge < -0.3 is 10.6 Å². The zero-order valence-corrected chi connectivity index (χ0v) is 18.1. The summed E-state index contributed by atoms with van der Waals surface area (Å²) in [7, 11) is 0. The van der Waals surface area contributed by atoms with Gasteiger partial charge in [0.15, 0.2) is 0 Å². The molecular weight excluding hydrogens is 447 g/mol. The van der Waals surface area contributed by atoms with Crippen LogP contribution in [0, 0.1) is 0 Å². The SMILES string of the molecule is CCCc1ccc(C2(C)NC(=O)N(CC(=O)Nc3ccc(Cl)c(C(F)(F)F)c3)C2=O)cc1. The number of aryl methyl sites for hydroxylation is 1. The van der Waals surface area contributed by atoms with Crippen LogP contribution >= 0.6 is 11.6 Å². The first kappa shape index (κ1) is 23.6. The Labute approximate surface area is 187 Å². The minimum absolute atomic E-state index is 0.159. The van der Waals surface area contributed by atoms with Crippen molar-refractivity contribution in [1.29, 1.82) is 0 Å². The largest absolute Gasteiger partial charge is 0.417 e. The molecule has 1 atom stereocenters. The maximum atomic E-state index is 13.0. The van der Waals surface area contributed by atoms with E-state index in [9.17, 15) is 27.6 Å². The highest BCUT2D eigenvalue weighted by Crippen LogP contribution is 2.36. The topological polar surface area (TPSA) is 78.5 Å². The lowest BCUT2D eigenvalue weighted by molar-refractivity contribution is -0.137. The van der Waals surface area contributed by atoms with Gasteiger partial charge >= 0.3 is 12.2 Å².